The van der Waals surface area contributed by atoms with Gasteiger partial charge in [0.25, 0.3) is 0 Å². The van der Waals surface area contributed by atoms with Gasteiger partial charge < -0.3 is 20.5 Å². The van der Waals surface area contributed by atoms with Gasteiger partial charge in [0.15, 0.2) is 0 Å². The normalized spacial score (nSPS) is 11.9. The molecule has 0 unspecified atom stereocenters. The zero-order valence-electron chi connectivity index (χ0n) is 15.4. The maximum Gasteiger partial charge on any atom is 0.305 e. The summed E-state index contributed by atoms with van der Waals surface area (Å²) < 4.78 is 10.4. The summed E-state index contributed by atoms with van der Waals surface area (Å²) >= 11 is 0. The second-order valence-electron chi connectivity index (χ2n) is 6.35. The Morgan fingerprint density at radius 3 is 2.48 bits per heavy atom. The first-order chi connectivity index (χ1) is 11.9. The lowest BCUT2D eigenvalue weighted by Gasteiger charge is -2.14. The van der Waals surface area contributed by atoms with Crippen molar-refractivity contribution in [3.8, 4) is 5.75 Å². The van der Waals surface area contributed by atoms with Crippen molar-refractivity contribution in [2.24, 2.45) is 11.7 Å². The molecule has 1 rings (SSSR count). The van der Waals surface area contributed by atoms with Crippen molar-refractivity contribution in [3.05, 3.63) is 29.8 Å². The number of carbonyl (C=O) groups excluding carboxylic acids is 2. The molecule has 0 aromatic heterocycles. The predicted molar refractivity (Wildman–Crippen MR) is 97.3 cm³/mol. The number of ether oxygens (including phenoxy) is 2. The molecule has 0 bridgehead atoms. The van der Waals surface area contributed by atoms with Crippen LogP contribution in [0.2, 0.25) is 0 Å². The quantitative estimate of drug-likeness (QED) is 0.471. The van der Waals surface area contributed by atoms with Crippen molar-refractivity contribution in [3.63, 3.8) is 0 Å². The highest BCUT2D eigenvalue weighted by molar-refractivity contribution is 5.81. The molecule has 0 saturated heterocycles. The third kappa shape index (κ3) is 9.10. The topological polar surface area (TPSA) is 90.7 Å². The fourth-order valence-electron chi connectivity index (χ4n) is 2.14. The average Bonchev–Trinajstić information content (AvgIpc) is 2.58. The number of carbonyl (C=O) groups is 2. The Labute approximate surface area is 150 Å². The molecule has 25 heavy (non-hydrogen) atoms. The van der Waals surface area contributed by atoms with Gasteiger partial charge >= 0.3 is 5.97 Å². The molecule has 0 radical (unpaired) electrons. The molecule has 0 heterocycles. The minimum Gasteiger partial charge on any atom is -0.494 e. The first-order valence-corrected chi connectivity index (χ1v) is 8.83. The zero-order valence-corrected chi connectivity index (χ0v) is 15.4. The lowest BCUT2D eigenvalue weighted by atomic mass is 10.1. The highest BCUT2D eigenvalue weighted by Gasteiger charge is 2.14. The number of benzene rings is 1. The summed E-state index contributed by atoms with van der Waals surface area (Å²) in [6.45, 7) is 7.35. The van der Waals surface area contributed by atoms with Crippen LogP contribution in [0.1, 0.15) is 39.2 Å². The molecule has 3 N–H and O–H groups in total. The molecule has 0 saturated carbocycles. The van der Waals surface area contributed by atoms with Gasteiger partial charge in [0.05, 0.1) is 19.3 Å². The molecule has 6 nitrogen and oxygen atoms in total. The van der Waals surface area contributed by atoms with Crippen molar-refractivity contribution >= 4 is 11.9 Å². The van der Waals surface area contributed by atoms with Crippen LogP contribution in [0.25, 0.3) is 0 Å². The molecule has 0 spiro atoms. The van der Waals surface area contributed by atoms with Gasteiger partial charge in [0, 0.05) is 13.0 Å². The van der Waals surface area contributed by atoms with E-state index >= 15 is 0 Å². The number of esters is 1. The standard InChI is InChI=1S/C19H30N2O4/c1-4-24-18(22)6-5-11-25-16-9-7-15(8-10-16)12-17(20)19(23)21-13-14(2)3/h7-10,14,17H,4-6,11-13,20H2,1-3H3,(H,21,23)/t17-/m0/s1. The summed E-state index contributed by atoms with van der Waals surface area (Å²) in [7, 11) is 0. The second-order valence-corrected chi connectivity index (χ2v) is 6.35. The molecule has 0 aliphatic heterocycles. The smallest absolute Gasteiger partial charge is 0.305 e. The van der Waals surface area contributed by atoms with Crippen molar-refractivity contribution in [1.29, 1.82) is 0 Å². The fourth-order valence-corrected chi connectivity index (χ4v) is 2.14. The second kappa shape index (κ2) is 11.5. The fraction of sp³-hybridized carbons (Fsp3) is 0.579. The maximum absolute atomic E-state index is 11.9. The van der Waals surface area contributed by atoms with Gasteiger partial charge in [0.1, 0.15) is 5.75 Å². The van der Waals surface area contributed by atoms with E-state index in [0.717, 1.165) is 11.3 Å². The molecule has 0 aliphatic carbocycles. The SMILES string of the molecule is CCOC(=O)CCCOc1ccc(C[C@H](N)C(=O)NCC(C)C)cc1. The number of hydrogen-bond acceptors (Lipinski definition) is 5. The van der Waals surface area contributed by atoms with Crippen molar-refractivity contribution in [2.45, 2.75) is 46.1 Å². The molecular formula is C19H30N2O4. The molecule has 140 valence electrons. The minimum absolute atomic E-state index is 0.131. The van der Waals surface area contributed by atoms with E-state index in [4.69, 9.17) is 15.2 Å². The molecule has 1 aromatic rings. The minimum atomic E-state index is -0.560. The molecule has 1 amide bonds. The molecule has 6 heteroatoms. The van der Waals surface area contributed by atoms with Crippen LogP contribution in [-0.2, 0) is 20.7 Å². The third-order valence-corrected chi connectivity index (χ3v) is 3.50. The van der Waals surface area contributed by atoms with E-state index in [1.54, 1.807) is 6.92 Å². The van der Waals surface area contributed by atoms with E-state index in [9.17, 15) is 9.59 Å². The number of nitrogens with two attached hydrogens (primary N) is 1. The summed E-state index contributed by atoms with van der Waals surface area (Å²) in [5.74, 6) is 0.793. The lowest BCUT2D eigenvalue weighted by Crippen LogP contribution is -2.43. The lowest BCUT2D eigenvalue weighted by molar-refractivity contribution is -0.143. The monoisotopic (exact) mass is 350 g/mol. The first kappa shape index (κ1) is 21.0. The van der Waals surface area contributed by atoms with E-state index in [-0.39, 0.29) is 11.9 Å². The van der Waals surface area contributed by atoms with E-state index in [1.165, 1.54) is 0 Å². The highest BCUT2D eigenvalue weighted by Crippen LogP contribution is 2.14. The van der Waals surface area contributed by atoms with Crippen LogP contribution in [-0.4, -0.2) is 37.7 Å². The van der Waals surface area contributed by atoms with Crippen LogP contribution in [0.3, 0.4) is 0 Å². The summed E-state index contributed by atoms with van der Waals surface area (Å²) in [4.78, 5) is 23.1. The third-order valence-electron chi connectivity index (χ3n) is 3.50. The van der Waals surface area contributed by atoms with Crippen LogP contribution >= 0.6 is 0 Å². The Kier molecular flexibility index (Phi) is 9.62. The van der Waals surface area contributed by atoms with Crippen LogP contribution in [0.15, 0.2) is 24.3 Å². The molecular weight excluding hydrogens is 320 g/mol. The summed E-state index contributed by atoms with van der Waals surface area (Å²) in [6.07, 6.45) is 1.45. The van der Waals surface area contributed by atoms with Crippen molar-refractivity contribution in [2.75, 3.05) is 19.8 Å². The van der Waals surface area contributed by atoms with Gasteiger partial charge in [0.2, 0.25) is 5.91 Å². The summed E-state index contributed by atoms with van der Waals surface area (Å²) in [6, 6.07) is 6.93. The van der Waals surface area contributed by atoms with Crippen LogP contribution in [0, 0.1) is 5.92 Å². The van der Waals surface area contributed by atoms with E-state index in [1.807, 2.05) is 38.1 Å². The van der Waals surface area contributed by atoms with Crippen LogP contribution in [0.5, 0.6) is 5.75 Å². The molecule has 1 atom stereocenters. The molecule has 0 aliphatic rings. The van der Waals surface area contributed by atoms with Gasteiger partial charge in [-0.2, -0.15) is 0 Å². The molecule has 1 aromatic carbocycles. The first-order valence-electron chi connectivity index (χ1n) is 8.83. The highest BCUT2D eigenvalue weighted by atomic mass is 16.5. The van der Waals surface area contributed by atoms with Gasteiger partial charge in [-0.15, -0.1) is 0 Å². The number of amides is 1. The summed E-state index contributed by atoms with van der Waals surface area (Å²) in [5, 5.41) is 2.84. The number of hydrogen-bond donors (Lipinski definition) is 2. The Balaban J connectivity index is 2.33. The Bertz CT molecular complexity index is 529. The van der Waals surface area contributed by atoms with Crippen molar-refractivity contribution in [1.82, 2.24) is 5.32 Å². The predicted octanol–water partition coefficient (Wildman–Crippen LogP) is 2.05. The van der Waals surface area contributed by atoms with Crippen LogP contribution < -0.4 is 15.8 Å². The Hall–Kier alpha value is -2.08. The van der Waals surface area contributed by atoms with Gasteiger partial charge in [-0.25, -0.2) is 0 Å². The summed E-state index contributed by atoms with van der Waals surface area (Å²) in [5.41, 5.74) is 6.92. The molecule has 0 fully saturated rings. The van der Waals surface area contributed by atoms with Gasteiger partial charge in [-0.3, -0.25) is 9.59 Å². The maximum atomic E-state index is 11.9. The average molecular weight is 350 g/mol. The van der Waals surface area contributed by atoms with E-state index in [0.29, 0.717) is 44.9 Å². The van der Waals surface area contributed by atoms with Crippen LogP contribution in [0.4, 0.5) is 0 Å². The number of rotatable bonds is 11. The number of nitrogens with one attached hydrogen (secondary N) is 1. The van der Waals surface area contributed by atoms with Gasteiger partial charge in [-0.05, 0) is 43.4 Å². The Morgan fingerprint density at radius 1 is 1.20 bits per heavy atom. The van der Waals surface area contributed by atoms with E-state index in [2.05, 4.69) is 5.32 Å². The Morgan fingerprint density at radius 2 is 1.88 bits per heavy atom. The van der Waals surface area contributed by atoms with Crippen molar-refractivity contribution < 1.29 is 19.1 Å². The van der Waals surface area contributed by atoms with Gasteiger partial charge in [-0.1, -0.05) is 26.0 Å². The van der Waals surface area contributed by atoms with E-state index < -0.39 is 6.04 Å². The zero-order chi connectivity index (χ0) is 18.7. The largest absolute Gasteiger partial charge is 0.494 e.